The van der Waals surface area contributed by atoms with Crippen molar-refractivity contribution < 1.29 is 18.7 Å². The van der Waals surface area contributed by atoms with Gasteiger partial charge in [0.1, 0.15) is 0 Å². The van der Waals surface area contributed by atoms with Crippen LogP contribution in [0.5, 0.6) is 0 Å². The first-order valence-electron chi connectivity index (χ1n) is 9.04. The molecule has 26 heavy (non-hydrogen) atoms. The topological polar surface area (TPSA) is 72.6 Å². The van der Waals surface area contributed by atoms with Gasteiger partial charge in [-0.25, -0.2) is 9.78 Å². The summed E-state index contributed by atoms with van der Waals surface area (Å²) in [5, 5.41) is 0.625. The molecular weight excluding hydrogens is 352 g/mol. The summed E-state index contributed by atoms with van der Waals surface area (Å²) >= 11 is 1.37. The Morgan fingerprint density at radius 2 is 2.27 bits per heavy atom. The van der Waals surface area contributed by atoms with E-state index in [4.69, 9.17) is 9.15 Å². The molecule has 0 radical (unpaired) electrons. The van der Waals surface area contributed by atoms with Gasteiger partial charge in [0.15, 0.2) is 22.6 Å². The first-order chi connectivity index (χ1) is 12.5. The average molecular weight is 376 g/mol. The van der Waals surface area contributed by atoms with Gasteiger partial charge in [0.05, 0.1) is 6.26 Å². The Bertz CT molecular complexity index is 769. The molecule has 3 heterocycles. The highest BCUT2D eigenvalue weighted by Crippen LogP contribution is 2.28. The van der Waals surface area contributed by atoms with Crippen LogP contribution >= 0.6 is 11.3 Å². The van der Waals surface area contributed by atoms with Crippen LogP contribution in [0.2, 0.25) is 0 Å². The molecule has 0 N–H and O–H groups in total. The molecule has 6 nitrogen and oxygen atoms in total. The van der Waals surface area contributed by atoms with Crippen LogP contribution < -0.4 is 0 Å². The van der Waals surface area contributed by atoms with Crippen molar-refractivity contribution in [1.82, 2.24) is 9.88 Å². The van der Waals surface area contributed by atoms with E-state index >= 15 is 0 Å². The Kier molecular flexibility index (Phi) is 5.76. The Labute approximate surface area is 157 Å². The Morgan fingerprint density at radius 3 is 2.96 bits per heavy atom. The molecule has 1 saturated heterocycles. The van der Waals surface area contributed by atoms with E-state index in [0.29, 0.717) is 10.8 Å². The molecule has 2 aromatic heterocycles. The van der Waals surface area contributed by atoms with E-state index < -0.39 is 12.1 Å². The molecule has 0 aromatic carbocycles. The Hall–Kier alpha value is -2.15. The number of furan rings is 1. The second-order valence-electron chi connectivity index (χ2n) is 6.54. The van der Waals surface area contributed by atoms with Crippen molar-refractivity contribution >= 4 is 23.2 Å². The lowest BCUT2D eigenvalue weighted by molar-refractivity contribution is -0.143. The quantitative estimate of drug-likeness (QED) is 0.736. The van der Waals surface area contributed by atoms with Gasteiger partial charge in [0.25, 0.3) is 5.91 Å². The molecule has 140 valence electrons. The van der Waals surface area contributed by atoms with Crippen LogP contribution in [-0.2, 0) is 9.53 Å². The number of esters is 1. The summed E-state index contributed by atoms with van der Waals surface area (Å²) in [6.45, 7) is 6.26. The molecule has 2 aromatic rings. The maximum Gasteiger partial charge on any atom is 0.358 e. The molecule has 1 fully saturated rings. The maximum absolute atomic E-state index is 12.7. The molecule has 7 heteroatoms. The molecule has 0 aliphatic carbocycles. The number of rotatable bonds is 5. The molecular formula is C19H24N2O4S. The number of aryl methyl sites for hydroxylation is 1. The van der Waals surface area contributed by atoms with Crippen molar-refractivity contribution in [3.8, 4) is 10.8 Å². The molecule has 0 bridgehead atoms. The lowest BCUT2D eigenvalue weighted by atomic mass is 9.99. The number of hydrogen-bond acceptors (Lipinski definition) is 6. The van der Waals surface area contributed by atoms with Crippen molar-refractivity contribution in [3.63, 3.8) is 0 Å². The van der Waals surface area contributed by atoms with Crippen LogP contribution in [0.25, 0.3) is 10.8 Å². The monoisotopic (exact) mass is 376 g/mol. The number of ether oxygens (including phenoxy) is 1. The number of thiazole rings is 1. The normalized spacial score (nSPS) is 18.6. The van der Waals surface area contributed by atoms with Gasteiger partial charge in [-0.1, -0.05) is 6.92 Å². The zero-order chi connectivity index (χ0) is 18.7. The highest BCUT2D eigenvalue weighted by atomic mass is 32.1. The minimum Gasteiger partial charge on any atom is -0.462 e. The first-order valence-corrected chi connectivity index (χ1v) is 9.85. The second kappa shape index (κ2) is 8.03. The van der Waals surface area contributed by atoms with Gasteiger partial charge in [-0.3, -0.25) is 4.79 Å². The number of carbonyl (C=O) groups is 2. The molecule has 2 unspecified atom stereocenters. The Balaban J connectivity index is 1.68. The molecule has 2 atom stereocenters. The number of piperidine rings is 1. The predicted octanol–water partition coefficient (Wildman–Crippen LogP) is 4.05. The van der Waals surface area contributed by atoms with Crippen molar-refractivity contribution in [2.45, 2.75) is 58.6 Å². The van der Waals surface area contributed by atoms with Gasteiger partial charge in [0.2, 0.25) is 0 Å². The largest absolute Gasteiger partial charge is 0.462 e. The smallest absolute Gasteiger partial charge is 0.358 e. The fourth-order valence-electron chi connectivity index (χ4n) is 3.31. The van der Waals surface area contributed by atoms with E-state index in [1.807, 2.05) is 11.8 Å². The fourth-order valence-corrected chi connectivity index (χ4v) is 4.18. The van der Waals surface area contributed by atoms with Crippen molar-refractivity contribution in [3.05, 3.63) is 29.0 Å². The van der Waals surface area contributed by atoms with E-state index in [1.54, 1.807) is 25.3 Å². The maximum atomic E-state index is 12.7. The third-order valence-corrected chi connectivity index (χ3v) is 5.72. The van der Waals surface area contributed by atoms with Crippen LogP contribution in [0.1, 0.15) is 54.9 Å². The number of hydrogen-bond donors (Lipinski definition) is 0. The third kappa shape index (κ3) is 3.82. The van der Waals surface area contributed by atoms with Crippen LogP contribution in [0.3, 0.4) is 0 Å². The van der Waals surface area contributed by atoms with Gasteiger partial charge in [-0.2, -0.15) is 0 Å². The van der Waals surface area contributed by atoms with Crippen molar-refractivity contribution in [2.24, 2.45) is 0 Å². The van der Waals surface area contributed by atoms with E-state index in [2.05, 4.69) is 11.9 Å². The number of carbonyl (C=O) groups excluding carboxylic acids is 2. The van der Waals surface area contributed by atoms with Gasteiger partial charge in [-0.15, -0.1) is 11.3 Å². The first kappa shape index (κ1) is 18.6. The minimum atomic E-state index is -0.817. The second-order valence-corrected chi connectivity index (χ2v) is 7.74. The SMILES string of the molecule is CCC1CCCCN1C(=O)C(C)OC(=O)c1nc(-c2ccco2)sc1C. The molecule has 1 aliphatic heterocycles. The zero-order valence-corrected chi connectivity index (χ0v) is 16.2. The van der Waals surface area contributed by atoms with Gasteiger partial charge in [-0.05, 0) is 51.7 Å². The third-order valence-electron chi connectivity index (χ3n) is 4.73. The van der Waals surface area contributed by atoms with Crippen molar-refractivity contribution in [2.75, 3.05) is 6.54 Å². The standard InChI is InChI=1S/C19H24N2O4S/c1-4-14-8-5-6-10-21(14)18(22)12(2)25-19(23)16-13(3)26-17(20-16)15-9-7-11-24-15/h7,9,11-12,14H,4-6,8,10H2,1-3H3. The zero-order valence-electron chi connectivity index (χ0n) is 15.4. The highest BCUT2D eigenvalue weighted by Gasteiger charge is 2.31. The van der Waals surface area contributed by atoms with Gasteiger partial charge in [0, 0.05) is 17.5 Å². The lowest BCUT2D eigenvalue weighted by Crippen LogP contribution is -2.48. The summed E-state index contributed by atoms with van der Waals surface area (Å²) in [7, 11) is 0. The molecule has 3 rings (SSSR count). The summed E-state index contributed by atoms with van der Waals surface area (Å²) in [5.74, 6) is -0.0770. The predicted molar refractivity (Wildman–Crippen MR) is 99.1 cm³/mol. The number of amides is 1. The van der Waals surface area contributed by atoms with E-state index in [9.17, 15) is 9.59 Å². The molecule has 0 saturated carbocycles. The van der Waals surface area contributed by atoms with Crippen molar-refractivity contribution in [1.29, 1.82) is 0 Å². The molecule has 1 amide bonds. The summed E-state index contributed by atoms with van der Waals surface area (Å²) in [4.78, 5) is 32.2. The van der Waals surface area contributed by atoms with Crippen LogP contribution in [-0.4, -0.2) is 40.5 Å². The van der Waals surface area contributed by atoms with Crippen LogP contribution in [0.4, 0.5) is 0 Å². The summed E-state index contributed by atoms with van der Waals surface area (Å²) in [6, 6.07) is 3.80. The summed E-state index contributed by atoms with van der Waals surface area (Å²) < 4.78 is 10.8. The average Bonchev–Trinajstić information content (AvgIpc) is 3.30. The van der Waals surface area contributed by atoms with Crippen LogP contribution in [0, 0.1) is 6.92 Å². The molecule has 1 aliphatic rings. The number of likely N-dealkylation sites (tertiary alicyclic amines) is 1. The number of nitrogens with zero attached hydrogens (tertiary/aromatic N) is 2. The van der Waals surface area contributed by atoms with Gasteiger partial charge < -0.3 is 14.1 Å². The lowest BCUT2D eigenvalue weighted by Gasteiger charge is -2.36. The number of aromatic nitrogens is 1. The van der Waals surface area contributed by atoms with E-state index in [-0.39, 0.29) is 17.6 Å². The van der Waals surface area contributed by atoms with Crippen LogP contribution in [0.15, 0.2) is 22.8 Å². The molecule has 0 spiro atoms. The fraction of sp³-hybridized carbons (Fsp3) is 0.526. The van der Waals surface area contributed by atoms with E-state index in [0.717, 1.165) is 37.1 Å². The van der Waals surface area contributed by atoms with E-state index in [1.165, 1.54) is 11.3 Å². The summed E-state index contributed by atoms with van der Waals surface area (Å²) in [5.41, 5.74) is 0.242. The highest BCUT2D eigenvalue weighted by molar-refractivity contribution is 7.15. The Morgan fingerprint density at radius 1 is 1.46 bits per heavy atom. The van der Waals surface area contributed by atoms with Gasteiger partial charge >= 0.3 is 5.97 Å². The minimum absolute atomic E-state index is 0.121. The summed E-state index contributed by atoms with van der Waals surface area (Å²) in [6.07, 6.45) is 4.82.